The Hall–Kier alpha value is -1.81. The highest BCUT2D eigenvalue weighted by atomic mass is 35.5. The van der Waals surface area contributed by atoms with E-state index in [-0.39, 0.29) is 0 Å². The van der Waals surface area contributed by atoms with Gasteiger partial charge in [-0.15, -0.1) is 0 Å². The molecule has 1 N–H and O–H groups in total. The van der Waals surface area contributed by atoms with Crippen molar-refractivity contribution >= 4 is 17.4 Å². The zero-order valence-electron chi connectivity index (χ0n) is 10.5. The number of hydrogen-bond acceptors (Lipinski definition) is 4. The fourth-order valence-corrected chi connectivity index (χ4v) is 1.97. The fourth-order valence-electron chi connectivity index (χ4n) is 1.73. The normalized spacial score (nSPS) is 10.2. The summed E-state index contributed by atoms with van der Waals surface area (Å²) in [4.78, 5) is 8.35. The lowest BCUT2D eigenvalue weighted by molar-refractivity contribution is 0.415. The fraction of sp³-hybridized carbons (Fsp3) is 0.231. The van der Waals surface area contributed by atoms with E-state index in [1.807, 2.05) is 32.2 Å². The summed E-state index contributed by atoms with van der Waals surface area (Å²) >= 11 is 6.14. The minimum absolute atomic E-state index is 0.572. The van der Waals surface area contributed by atoms with Crippen molar-refractivity contribution in [2.75, 3.05) is 19.5 Å². The van der Waals surface area contributed by atoms with E-state index in [1.54, 1.807) is 7.11 Å². The largest absolute Gasteiger partial charge is 0.495 e. The van der Waals surface area contributed by atoms with Gasteiger partial charge in [0, 0.05) is 18.7 Å². The van der Waals surface area contributed by atoms with Gasteiger partial charge < -0.3 is 10.1 Å². The van der Waals surface area contributed by atoms with Gasteiger partial charge in [-0.3, -0.25) is 0 Å². The monoisotopic (exact) mass is 263 g/mol. The molecule has 0 aliphatic heterocycles. The standard InChI is InChI=1S/C13H14ClN3O/c1-8-4-12(18-3)10(14)5-9(8)11-6-13(15-2)17-7-16-11/h4-7H,1-3H3,(H,15,16,17). The summed E-state index contributed by atoms with van der Waals surface area (Å²) in [5.74, 6) is 1.44. The third-order valence-corrected chi connectivity index (χ3v) is 2.99. The molecule has 2 aromatic rings. The lowest BCUT2D eigenvalue weighted by Crippen LogP contribution is -1.96. The van der Waals surface area contributed by atoms with Crippen LogP contribution in [-0.2, 0) is 0 Å². The second-order valence-electron chi connectivity index (χ2n) is 3.84. The minimum Gasteiger partial charge on any atom is -0.495 e. The van der Waals surface area contributed by atoms with Gasteiger partial charge >= 0.3 is 0 Å². The van der Waals surface area contributed by atoms with Crippen molar-refractivity contribution in [2.45, 2.75) is 6.92 Å². The number of aromatic nitrogens is 2. The van der Waals surface area contributed by atoms with E-state index in [0.29, 0.717) is 10.8 Å². The number of ether oxygens (including phenoxy) is 1. The van der Waals surface area contributed by atoms with Crippen LogP contribution in [0.5, 0.6) is 5.75 Å². The maximum absolute atomic E-state index is 6.14. The first-order chi connectivity index (χ1) is 8.65. The Labute approximate surface area is 111 Å². The quantitative estimate of drug-likeness (QED) is 0.924. The van der Waals surface area contributed by atoms with Crippen LogP contribution in [0.3, 0.4) is 0 Å². The summed E-state index contributed by atoms with van der Waals surface area (Å²) in [6, 6.07) is 5.64. The average Bonchev–Trinajstić information content (AvgIpc) is 2.41. The first kappa shape index (κ1) is 12.6. The molecule has 0 atom stereocenters. The predicted octanol–water partition coefficient (Wildman–Crippen LogP) is 3.16. The van der Waals surface area contributed by atoms with Crippen LogP contribution in [0.25, 0.3) is 11.3 Å². The molecule has 2 rings (SSSR count). The van der Waals surface area contributed by atoms with Gasteiger partial charge in [-0.25, -0.2) is 9.97 Å². The maximum atomic E-state index is 6.14. The lowest BCUT2D eigenvalue weighted by Gasteiger charge is -2.10. The van der Waals surface area contributed by atoms with Crippen LogP contribution in [0.4, 0.5) is 5.82 Å². The van der Waals surface area contributed by atoms with Gasteiger partial charge in [0.15, 0.2) is 0 Å². The van der Waals surface area contributed by atoms with Gasteiger partial charge in [0.2, 0.25) is 0 Å². The number of hydrogen-bond donors (Lipinski definition) is 1. The smallest absolute Gasteiger partial charge is 0.137 e. The van der Waals surface area contributed by atoms with E-state index < -0.39 is 0 Å². The molecule has 0 amide bonds. The van der Waals surface area contributed by atoms with Crippen LogP contribution in [0, 0.1) is 6.92 Å². The number of aryl methyl sites for hydroxylation is 1. The van der Waals surface area contributed by atoms with E-state index in [4.69, 9.17) is 16.3 Å². The van der Waals surface area contributed by atoms with E-state index in [9.17, 15) is 0 Å². The summed E-state index contributed by atoms with van der Waals surface area (Å²) in [5, 5.41) is 3.56. The molecular formula is C13H14ClN3O. The van der Waals surface area contributed by atoms with Crippen LogP contribution in [-0.4, -0.2) is 24.1 Å². The molecule has 18 heavy (non-hydrogen) atoms. The van der Waals surface area contributed by atoms with E-state index >= 15 is 0 Å². The average molecular weight is 264 g/mol. The van der Waals surface area contributed by atoms with Crippen molar-refractivity contribution < 1.29 is 4.74 Å². The molecule has 0 saturated carbocycles. The van der Waals surface area contributed by atoms with Crippen molar-refractivity contribution in [1.82, 2.24) is 9.97 Å². The first-order valence-electron chi connectivity index (χ1n) is 5.50. The van der Waals surface area contributed by atoms with Gasteiger partial charge in [0.05, 0.1) is 17.8 Å². The molecule has 1 aromatic heterocycles. The van der Waals surface area contributed by atoms with Gasteiger partial charge in [-0.05, 0) is 24.6 Å². The number of anilines is 1. The highest BCUT2D eigenvalue weighted by molar-refractivity contribution is 6.32. The van der Waals surface area contributed by atoms with Gasteiger partial charge in [-0.1, -0.05) is 11.6 Å². The third-order valence-electron chi connectivity index (χ3n) is 2.70. The second kappa shape index (κ2) is 5.23. The molecule has 0 aliphatic carbocycles. The Balaban J connectivity index is 2.53. The molecule has 0 saturated heterocycles. The molecule has 0 aliphatic rings. The molecule has 4 nitrogen and oxygen atoms in total. The minimum atomic E-state index is 0.572. The van der Waals surface area contributed by atoms with E-state index in [1.165, 1.54) is 6.33 Å². The lowest BCUT2D eigenvalue weighted by atomic mass is 10.0. The third kappa shape index (κ3) is 2.38. The number of halogens is 1. The van der Waals surface area contributed by atoms with Crippen molar-refractivity contribution in [3.05, 3.63) is 35.1 Å². The summed E-state index contributed by atoms with van der Waals surface area (Å²) in [7, 11) is 3.42. The Morgan fingerprint density at radius 3 is 2.67 bits per heavy atom. The summed E-state index contributed by atoms with van der Waals surface area (Å²) < 4.78 is 5.18. The van der Waals surface area contributed by atoms with Crippen LogP contribution >= 0.6 is 11.6 Å². The van der Waals surface area contributed by atoms with Crippen LogP contribution < -0.4 is 10.1 Å². The van der Waals surface area contributed by atoms with Crippen LogP contribution in [0.2, 0.25) is 5.02 Å². The zero-order chi connectivity index (χ0) is 13.1. The Morgan fingerprint density at radius 2 is 2.00 bits per heavy atom. The molecule has 5 heteroatoms. The maximum Gasteiger partial charge on any atom is 0.137 e. The zero-order valence-corrected chi connectivity index (χ0v) is 11.2. The highest BCUT2D eigenvalue weighted by Crippen LogP contribution is 2.32. The van der Waals surface area contributed by atoms with E-state index in [2.05, 4.69) is 15.3 Å². The van der Waals surface area contributed by atoms with Crippen LogP contribution in [0.1, 0.15) is 5.56 Å². The SMILES string of the molecule is CNc1cc(-c2cc(Cl)c(OC)cc2C)ncn1. The molecule has 0 unspecified atom stereocenters. The molecule has 0 fully saturated rings. The summed E-state index contributed by atoms with van der Waals surface area (Å²) in [5.41, 5.74) is 2.85. The van der Waals surface area contributed by atoms with Gasteiger partial charge in [-0.2, -0.15) is 0 Å². The summed E-state index contributed by atoms with van der Waals surface area (Å²) in [6.45, 7) is 2.00. The molecule has 0 spiro atoms. The molecule has 94 valence electrons. The second-order valence-corrected chi connectivity index (χ2v) is 4.25. The molecule has 0 radical (unpaired) electrons. The highest BCUT2D eigenvalue weighted by Gasteiger charge is 2.09. The predicted molar refractivity (Wildman–Crippen MR) is 73.3 cm³/mol. The molecular weight excluding hydrogens is 250 g/mol. The molecule has 1 heterocycles. The van der Waals surface area contributed by atoms with Gasteiger partial charge in [0.1, 0.15) is 17.9 Å². The van der Waals surface area contributed by atoms with Crippen molar-refractivity contribution in [3.63, 3.8) is 0 Å². The van der Waals surface area contributed by atoms with Crippen molar-refractivity contribution in [3.8, 4) is 17.0 Å². The number of rotatable bonds is 3. The topological polar surface area (TPSA) is 47.0 Å². The first-order valence-corrected chi connectivity index (χ1v) is 5.87. The van der Waals surface area contributed by atoms with Crippen molar-refractivity contribution in [2.24, 2.45) is 0 Å². The van der Waals surface area contributed by atoms with Crippen LogP contribution in [0.15, 0.2) is 24.5 Å². The Kier molecular flexibility index (Phi) is 3.67. The summed E-state index contributed by atoms with van der Waals surface area (Å²) in [6.07, 6.45) is 1.53. The number of methoxy groups -OCH3 is 1. The number of nitrogens with one attached hydrogen (secondary N) is 1. The molecule has 0 bridgehead atoms. The Bertz CT molecular complexity index is 572. The van der Waals surface area contributed by atoms with Crippen molar-refractivity contribution in [1.29, 1.82) is 0 Å². The Morgan fingerprint density at radius 1 is 1.22 bits per heavy atom. The number of nitrogens with zero attached hydrogens (tertiary/aromatic N) is 2. The molecule has 1 aromatic carbocycles. The van der Waals surface area contributed by atoms with Gasteiger partial charge in [0.25, 0.3) is 0 Å². The van der Waals surface area contributed by atoms with E-state index in [0.717, 1.165) is 22.6 Å². The number of benzene rings is 1.